The fourth-order valence-electron chi connectivity index (χ4n) is 2.36. The SMILES string of the molecule is C=CC[C@H](c1ccc(OC)nc1)N1CCNCC1.Cl.Cl. The van der Waals surface area contributed by atoms with Crippen LogP contribution in [0.3, 0.4) is 0 Å². The number of hydrogen-bond acceptors (Lipinski definition) is 4. The standard InChI is InChI=1S/C14H21N3O.2ClH/c1-3-4-13(17-9-7-15-8-10-17)12-5-6-14(18-2)16-11-12;;/h3,5-6,11,13,15H,1,4,7-10H2,2H3;2*1H/t13-;;/m1../s1. The van der Waals surface area contributed by atoms with Crippen LogP contribution >= 0.6 is 24.8 Å². The van der Waals surface area contributed by atoms with Gasteiger partial charge in [0.25, 0.3) is 0 Å². The molecule has 0 radical (unpaired) electrons. The summed E-state index contributed by atoms with van der Waals surface area (Å²) in [5, 5.41) is 3.38. The average molecular weight is 320 g/mol. The van der Waals surface area contributed by atoms with Crippen molar-refractivity contribution in [1.29, 1.82) is 0 Å². The Morgan fingerprint density at radius 2 is 2.10 bits per heavy atom. The third-order valence-electron chi connectivity index (χ3n) is 3.34. The molecule has 20 heavy (non-hydrogen) atoms. The quantitative estimate of drug-likeness (QED) is 0.846. The first-order valence-electron chi connectivity index (χ1n) is 6.40. The maximum atomic E-state index is 5.10. The molecule has 0 bridgehead atoms. The molecule has 0 spiro atoms. The van der Waals surface area contributed by atoms with Crippen molar-refractivity contribution >= 4 is 24.8 Å². The van der Waals surface area contributed by atoms with Crippen LogP contribution in [0, 0.1) is 0 Å². The Kier molecular flexibility index (Phi) is 9.59. The van der Waals surface area contributed by atoms with Gasteiger partial charge in [0.15, 0.2) is 0 Å². The van der Waals surface area contributed by atoms with Gasteiger partial charge in [-0.2, -0.15) is 0 Å². The summed E-state index contributed by atoms with van der Waals surface area (Å²) >= 11 is 0. The van der Waals surface area contributed by atoms with Gasteiger partial charge in [-0.25, -0.2) is 4.98 Å². The highest BCUT2D eigenvalue weighted by Crippen LogP contribution is 2.25. The van der Waals surface area contributed by atoms with Gasteiger partial charge in [0.05, 0.1) is 7.11 Å². The van der Waals surface area contributed by atoms with Crippen LogP contribution in [0.15, 0.2) is 31.0 Å². The Bertz CT molecular complexity index is 381. The van der Waals surface area contributed by atoms with Crippen molar-refractivity contribution in [3.63, 3.8) is 0 Å². The Labute approximate surface area is 133 Å². The van der Waals surface area contributed by atoms with Gasteiger partial charge in [0.1, 0.15) is 0 Å². The maximum absolute atomic E-state index is 5.10. The van der Waals surface area contributed by atoms with Crippen molar-refractivity contribution in [2.75, 3.05) is 33.3 Å². The van der Waals surface area contributed by atoms with Crippen LogP contribution in [0.1, 0.15) is 18.0 Å². The van der Waals surface area contributed by atoms with Crippen LogP contribution in [0.2, 0.25) is 0 Å². The number of piperazine rings is 1. The first kappa shape index (κ1) is 19.2. The summed E-state index contributed by atoms with van der Waals surface area (Å²) < 4.78 is 5.10. The molecule has 2 heterocycles. The number of pyridine rings is 1. The third-order valence-corrected chi connectivity index (χ3v) is 3.34. The number of rotatable bonds is 5. The molecule has 1 aromatic rings. The predicted octanol–water partition coefficient (Wildman–Crippen LogP) is 2.46. The lowest BCUT2D eigenvalue weighted by Gasteiger charge is -2.34. The Hall–Kier alpha value is -0.810. The number of nitrogens with one attached hydrogen (secondary N) is 1. The topological polar surface area (TPSA) is 37.4 Å². The normalized spacial score (nSPS) is 16.4. The van der Waals surface area contributed by atoms with Gasteiger partial charge in [-0.15, -0.1) is 31.4 Å². The van der Waals surface area contributed by atoms with Crippen LogP contribution in [0.5, 0.6) is 5.88 Å². The van der Waals surface area contributed by atoms with E-state index in [2.05, 4.69) is 27.8 Å². The average Bonchev–Trinajstić information content (AvgIpc) is 2.46. The predicted molar refractivity (Wildman–Crippen MR) is 87.3 cm³/mol. The number of methoxy groups -OCH3 is 1. The second-order valence-electron chi connectivity index (χ2n) is 4.46. The first-order chi connectivity index (χ1) is 8.85. The lowest BCUT2D eigenvalue weighted by Crippen LogP contribution is -2.45. The molecular formula is C14H23Cl2N3O. The maximum Gasteiger partial charge on any atom is 0.212 e. The van der Waals surface area contributed by atoms with Crippen LogP contribution < -0.4 is 10.1 Å². The lowest BCUT2D eigenvalue weighted by atomic mass is 10.0. The van der Waals surface area contributed by atoms with Crippen LogP contribution in [0.25, 0.3) is 0 Å². The molecular weight excluding hydrogens is 297 g/mol. The van der Waals surface area contributed by atoms with Crippen molar-refractivity contribution in [2.45, 2.75) is 12.5 Å². The summed E-state index contributed by atoms with van der Waals surface area (Å²) in [5.74, 6) is 0.663. The van der Waals surface area contributed by atoms with Crippen molar-refractivity contribution in [3.05, 3.63) is 36.5 Å². The highest BCUT2D eigenvalue weighted by atomic mass is 35.5. The van der Waals surface area contributed by atoms with E-state index in [4.69, 9.17) is 4.74 Å². The number of ether oxygens (including phenoxy) is 1. The van der Waals surface area contributed by atoms with Gasteiger partial charge in [-0.3, -0.25) is 4.90 Å². The lowest BCUT2D eigenvalue weighted by molar-refractivity contribution is 0.174. The fourth-order valence-corrected chi connectivity index (χ4v) is 2.36. The molecule has 0 aliphatic carbocycles. The number of halogens is 2. The van der Waals surface area contributed by atoms with E-state index >= 15 is 0 Å². The number of nitrogens with zero attached hydrogens (tertiary/aromatic N) is 2. The molecule has 2 rings (SSSR count). The molecule has 1 aromatic heterocycles. The fraction of sp³-hybridized carbons (Fsp3) is 0.500. The molecule has 0 saturated carbocycles. The van der Waals surface area contributed by atoms with E-state index in [0.717, 1.165) is 32.6 Å². The van der Waals surface area contributed by atoms with Gasteiger partial charge in [-0.1, -0.05) is 12.1 Å². The van der Waals surface area contributed by atoms with E-state index in [0.29, 0.717) is 11.9 Å². The highest BCUT2D eigenvalue weighted by molar-refractivity contribution is 5.85. The van der Waals surface area contributed by atoms with Gasteiger partial charge < -0.3 is 10.1 Å². The van der Waals surface area contributed by atoms with Gasteiger partial charge in [0.2, 0.25) is 5.88 Å². The van der Waals surface area contributed by atoms with Crippen LogP contribution in [-0.4, -0.2) is 43.2 Å². The van der Waals surface area contributed by atoms with Crippen molar-refractivity contribution in [1.82, 2.24) is 15.2 Å². The van der Waals surface area contributed by atoms with Crippen LogP contribution in [-0.2, 0) is 0 Å². The smallest absolute Gasteiger partial charge is 0.212 e. The zero-order valence-electron chi connectivity index (χ0n) is 11.7. The zero-order valence-corrected chi connectivity index (χ0v) is 13.4. The first-order valence-corrected chi connectivity index (χ1v) is 6.40. The number of aromatic nitrogens is 1. The minimum Gasteiger partial charge on any atom is -0.481 e. The summed E-state index contributed by atoms with van der Waals surface area (Å²) in [4.78, 5) is 6.78. The van der Waals surface area contributed by atoms with E-state index in [-0.39, 0.29) is 24.8 Å². The largest absolute Gasteiger partial charge is 0.481 e. The molecule has 1 fully saturated rings. The molecule has 114 valence electrons. The van der Waals surface area contributed by atoms with E-state index in [1.807, 2.05) is 18.3 Å². The highest BCUT2D eigenvalue weighted by Gasteiger charge is 2.21. The zero-order chi connectivity index (χ0) is 12.8. The van der Waals surface area contributed by atoms with E-state index in [9.17, 15) is 0 Å². The Morgan fingerprint density at radius 3 is 2.60 bits per heavy atom. The summed E-state index contributed by atoms with van der Waals surface area (Å²) in [5.41, 5.74) is 1.23. The van der Waals surface area contributed by atoms with E-state index in [1.54, 1.807) is 7.11 Å². The Morgan fingerprint density at radius 1 is 1.40 bits per heavy atom. The molecule has 4 nitrogen and oxygen atoms in total. The third kappa shape index (κ3) is 4.94. The van der Waals surface area contributed by atoms with Gasteiger partial charge in [0, 0.05) is 44.5 Å². The minimum atomic E-state index is 0. The summed E-state index contributed by atoms with van der Waals surface area (Å²) in [6.45, 7) is 8.12. The molecule has 0 aromatic carbocycles. The molecule has 1 aliphatic rings. The molecule has 1 saturated heterocycles. The monoisotopic (exact) mass is 319 g/mol. The minimum absolute atomic E-state index is 0. The molecule has 6 heteroatoms. The van der Waals surface area contributed by atoms with Crippen LogP contribution in [0.4, 0.5) is 0 Å². The molecule has 0 unspecified atom stereocenters. The summed E-state index contributed by atoms with van der Waals surface area (Å²) in [7, 11) is 1.64. The van der Waals surface area contributed by atoms with E-state index in [1.165, 1.54) is 5.56 Å². The second-order valence-corrected chi connectivity index (χ2v) is 4.46. The summed E-state index contributed by atoms with van der Waals surface area (Å²) in [6.07, 6.45) is 4.85. The second kappa shape index (κ2) is 10.00. The number of hydrogen-bond donors (Lipinski definition) is 1. The molecule has 1 aliphatic heterocycles. The summed E-state index contributed by atoms with van der Waals surface area (Å²) in [6, 6.07) is 4.40. The molecule has 1 N–H and O–H groups in total. The van der Waals surface area contributed by atoms with Crippen molar-refractivity contribution < 1.29 is 4.74 Å². The van der Waals surface area contributed by atoms with Crippen molar-refractivity contribution in [2.24, 2.45) is 0 Å². The van der Waals surface area contributed by atoms with Gasteiger partial charge in [-0.05, 0) is 12.0 Å². The van der Waals surface area contributed by atoms with E-state index < -0.39 is 0 Å². The molecule has 0 amide bonds. The molecule has 1 atom stereocenters. The van der Waals surface area contributed by atoms with Gasteiger partial charge >= 0.3 is 0 Å². The van der Waals surface area contributed by atoms with Crippen molar-refractivity contribution in [3.8, 4) is 5.88 Å². The Balaban J connectivity index is 0.00000180.